The summed E-state index contributed by atoms with van der Waals surface area (Å²) in [6.07, 6.45) is 0.382. The Balaban J connectivity index is 1.98. The van der Waals surface area contributed by atoms with Crippen LogP contribution in [0.25, 0.3) is 0 Å². The van der Waals surface area contributed by atoms with Crippen LogP contribution in [0, 0.1) is 11.6 Å². The standard InChI is InChI=1S/C16H14F2O2/c1-11(19)8-12-2-6-15(7-3-12)20-10-13-4-5-14(17)9-16(13)18/h2-7,9H,8,10H2,1H3. The van der Waals surface area contributed by atoms with Crippen LogP contribution in [0.15, 0.2) is 42.5 Å². The third-order valence-electron chi connectivity index (χ3n) is 2.79. The Morgan fingerprint density at radius 3 is 2.40 bits per heavy atom. The summed E-state index contributed by atoms with van der Waals surface area (Å²) in [5.74, 6) is -0.578. The summed E-state index contributed by atoms with van der Waals surface area (Å²) in [5.41, 5.74) is 1.19. The van der Waals surface area contributed by atoms with E-state index in [-0.39, 0.29) is 12.4 Å². The van der Waals surface area contributed by atoms with Crippen LogP contribution in [0.3, 0.4) is 0 Å². The number of hydrogen-bond acceptors (Lipinski definition) is 2. The second-order valence-electron chi connectivity index (χ2n) is 4.55. The van der Waals surface area contributed by atoms with Crippen molar-refractivity contribution >= 4 is 5.78 Å². The number of rotatable bonds is 5. The predicted octanol–water partition coefficient (Wildman–Crippen LogP) is 3.68. The van der Waals surface area contributed by atoms with Gasteiger partial charge in [0, 0.05) is 18.1 Å². The molecule has 0 aliphatic heterocycles. The molecule has 0 bridgehead atoms. The molecule has 0 radical (unpaired) electrons. The summed E-state index contributed by atoms with van der Waals surface area (Å²) in [6, 6.07) is 10.4. The molecule has 0 fully saturated rings. The number of carbonyl (C=O) groups excluding carboxylic acids is 1. The molecule has 0 amide bonds. The first kappa shape index (κ1) is 14.2. The molecule has 2 nitrogen and oxygen atoms in total. The zero-order valence-corrected chi connectivity index (χ0v) is 11.0. The molecule has 4 heteroatoms. The van der Waals surface area contributed by atoms with Gasteiger partial charge >= 0.3 is 0 Å². The monoisotopic (exact) mass is 276 g/mol. The number of benzene rings is 2. The Hall–Kier alpha value is -2.23. The largest absolute Gasteiger partial charge is 0.489 e. The molecular weight excluding hydrogens is 262 g/mol. The van der Waals surface area contributed by atoms with Crippen molar-refractivity contribution in [2.45, 2.75) is 20.0 Å². The minimum Gasteiger partial charge on any atom is -0.489 e. The number of hydrogen-bond donors (Lipinski definition) is 0. The average Bonchev–Trinajstić information content (AvgIpc) is 2.39. The van der Waals surface area contributed by atoms with Crippen LogP contribution in [0.5, 0.6) is 5.75 Å². The van der Waals surface area contributed by atoms with E-state index in [0.29, 0.717) is 17.7 Å². The summed E-state index contributed by atoms with van der Waals surface area (Å²) in [6.45, 7) is 1.56. The Bertz CT molecular complexity index is 606. The Kier molecular flexibility index (Phi) is 4.45. The molecule has 0 aromatic heterocycles. The lowest BCUT2D eigenvalue weighted by molar-refractivity contribution is -0.116. The van der Waals surface area contributed by atoms with E-state index >= 15 is 0 Å². The molecule has 0 aliphatic carbocycles. The first-order valence-electron chi connectivity index (χ1n) is 6.19. The number of Topliss-reactive ketones (excluding diaryl/α,β-unsaturated/α-hetero) is 1. The smallest absolute Gasteiger partial charge is 0.134 e. The van der Waals surface area contributed by atoms with Gasteiger partial charge in [0.15, 0.2) is 0 Å². The Morgan fingerprint density at radius 2 is 1.80 bits per heavy atom. The highest BCUT2D eigenvalue weighted by Crippen LogP contribution is 2.16. The van der Waals surface area contributed by atoms with Gasteiger partial charge in [-0.15, -0.1) is 0 Å². The Morgan fingerprint density at radius 1 is 1.10 bits per heavy atom. The SMILES string of the molecule is CC(=O)Cc1ccc(OCc2ccc(F)cc2F)cc1. The fourth-order valence-corrected chi connectivity index (χ4v) is 1.79. The van der Waals surface area contributed by atoms with Gasteiger partial charge in [-0.1, -0.05) is 12.1 Å². The zero-order valence-electron chi connectivity index (χ0n) is 11.0. The molecule has 0 aliphatic rings. The lowest BCUT2D eigenvalue weighted by Crippen LogP contribution is -2.00. The van der Waals surface area contributed by atoms with Crippen molar-refractivity contribution in [2.75, 3.05) is 0 Å². The molecule has 0 unspecified atom stereocenters. The molecule has 104 valence electrons. The van der Waals surface area contributed by atoms with E-state index in [1.165, 1.54) is 19.1 Å². The molecule has 0 spiro atoms. The van der Waals surface area contributed by atoms with Gasteiger partial charge in [0.2, 0.25) is 0 Å². The lowest BCUT2D eigenvalue weighted by atomic mass is 10.1. The molecule has 2 rings (SSSR count). The van der Waals surface area contributed by atoms with Gasteiger partial charge in [-0.2, -0.15) is 0 Å². The highest BCUT2D eigenvalue weighted by atomic mass is 19.1. The maximum atomic E-state index is 13.4. The topological polar surface area (TPSA) is 26.3 Å². The van der Waals surface area contributed by atoms with Gasteiger partial charge in [0.05, 0.1) is 0 Å². The molecule has 2 aromatic carbocycles. The first-order valence-corrected chi connectivity index (χ1v) is 6.19. The van der Waals surface area contributed by atoms with Crippen molar-refractivity contribution in [2.24, 2.45) is 0 Å². The molecule has 2 aromatic rings. The van der Waals surface area contributed by atoms with Crippen molar-refractivity contribution in [3.05, 3.63) is 65.2 Å². The normalized spacial score (nSPS) is 10.3. The molecule has 0 N–H and O–H groups in total. The van der Waals surface area contributed by atoms with Crippen molar-refractivity contribution in [1.29, 1.82) is 0 Å². The molecule has 0 heterocycles. The van der Waals surface area contributed by atoms with Crippen molar-refractivity contribution in [3.8, 4) is 5.75 Å². The zero-order chi connectivity index (χ0) is 14.5. The van der Waals surface area contributed by atoms with Crippen LogP contribution in [0.4, 0.5) is 8.78 Å². The second kappa shape index (κ2) is 6.28. The van der Waals surface area contributed by atoms with Gasteiger partial charge in [-0.05, 0) is 36.8 Å². The van der Waals surface area contributed by atoms with Gasteiger partial charge in [-0.3, -0.25) is 4.79 Å². The molecule has 0 saturated carbocycles. The van der Waals surface area contributed by atoms with Gasteiger partial charge in [0.1, 0.15) is 29.8 Å². The number of carbonyl (C=O) groups is 1. The molecule has 20 heavy (non-hydrogen) atoms. The molecule has 0 saturated heterocycles. The predicted molar refractivity (Wildman–Crippen MR) is 71.5 cm³/mol. The van der Waals surface area contributed by atoms with Crippen molar-refractivity contribution in [1.82, 2.24) is 0 Å². The van der Waals surface area contributed by atoms with Crippen molar-refractivity contribution in [3.63, 3.8) is 0 Å². The van der Waals surface area contributed by atoms with E-state index in [1.807, 2.05) is 0 Å². The Labute approximate surface area is 116 Å². The number of halogens is 2. The summed E-state index contributed by atoms with van der Waals surface area (Å²) in [4.78, 5) is 11.0. The van der Waals surface area contributed by atoms with Crippen LogP contribution >= 0.6 is 0 Å². The van der Waals surface area contributed by atoms with Crippen LogP contribution in [0.2, 0.25) is 0 Å². The van der Waals surface area contributed by atoms with Crippen LogP contribution in [-0.4, -0.2) is 5.78 Å². The van der Waals surface area contributed by atoms with Crippen LogP contribution in [-0.2, 0) is 17.8 Å². The van der Waals surface area contributed by atoms with Gasteiger partial charge in [0.25, 0.3) is 0 Å². The third kappa shape index (κ3) is 3.88. The van der Waals surface area contributed by atoms with E-state index in [2.05, 4.69) is 0 Å². The van der Waals surface area contributed by atoms with Crippen LogP contribution in [0.1, 0.15) is 18.1 Å². The summed E-state index contributed by atoms with van der Waals surface area (Å²) < 4.78 is 31.6. The fraction of sp³-hybridized carbons (Fsp3) is 0.188. The van der Waals surface area contributed by atoms with E-state index in [1.54, 1.807) is 24.3 Å². The first-order chi connectivity index (χ1) is 9.54. The summed E-state index contributed by atoms with van der Waals surface area (Å²) in [5, 5.41) is 0. The summed E-state index contributed by atoms with van der Waals surface area (Å²) >= 11 is 0. The average molecular weight is 276 g/mol. The highest BCUT2D eigenvalue weighted by Gasteiger charge is 2.05. The van der Waals surface area contributed by atoms with Gasteiger partial charge < -0.3 is 4.74 Å². The summed E-state index contributed by atoms with van der Waals surface area (Å²) in [7, 11) is 0. The number of ether oxygens (including phenoxy) is 1. The quantitative estimate of drug-likeness (QED) is 0.832. The van der Waals surface area contributed by atoms with Gasteiger partial charge in [-0.25, -0.2) is 8.78 Å². The minimum atomic E-state index is -0.627. The van der Waals surface area contributed by atoms with Crippen molar-refractivity contribution < 1.29 is 18.3 Å². The van der Waals surface area contributed by atoms with Crippen LogP contribution < -0.4 is 4.74 Å². The highest BCUT2D eigenvalue weighted by molar-refractivity contribution is 5.78. The van der Waals surface area contributed by atoms with E-state index in [9.17, 15) is 13.6 Å². The molecular formula is C16H14F2O2. The maximum Gasteiger partial charge on any atom is 0.134 e. The van der Waals surface area contributed by atoms with E-state index < -0.39 is 11.6 Å². The van der Waals surface area contributed by atoms with E-state index in [0.717, 1.165) is 11.6 Å². The second-order valence-corrected chi connectivity index (χ2v) is 4.55. The number of ketones is 1. The maximum absolute atomic E-state index is 13.4. The minimum absolute atomic E-state index is 0.0260. The molecule has 0 atom stereocenters. The lowest BCUT2D eigenvalue weighted by Gasteiger charge is -2.08. The van der Waals surface area contributed by atoms with E-state index in [4.69, 9.17) is 4.74 Å². The third-order valence-corrected chi connectivity index (χ3v) is 2.79. The fourth-order valence-electron chi connectivity index (χ4n) is 1.79.